The van der Waals surface area contributed by atoms with E-state index < -0.39 is 10.0 Å². The maximum atomic E-state index is 12.2. The normalized spacial score (nSPS) is 11.2. The number of nitrogens with one attached hydrogen (secondary N) is 1. The SMILES string of the molecule is CN(CCc1ccncc1)c1ccc(NS(=O)(=O)c2cccs2)cn1. The highest BCUT2D eigenvalue weighted by Crippen LogP contribution is 2.21. The van der Waals surface area contributed by atoms with Gasteiger partial charge in [-0.15, -0.1) is 11.3 Å². The lowest BCUT2D eigenvalue weighted by molar-refractivity contribution is 0.603. The number of hydrogen-bond acceptors (Lipinski definition) is 6. The van der Waals surface area contributed by atoms with E-state index in [1.165, 1.54) is 23.1 Å². The lowest BCUT2D eigenvalue weighted by atomic mass is 10.2. The molecule has 0 saturated heterocycles. The van der Waals surface area contributed by atoms with Gasteiger partial charge in [-0.1, -0.05) is 6.07 Å². The molecule has 3 rings (SSSR count). The van der Waals surface area contributed by atoms with Gasteiger partial charge in [0.15, 0.2) is 0 Å². The number of thiophene rings is 1. The van der Waals surface area contributed by atoms with E-state index >= 15 is 0 Å². The Morgan fingerprint density at radius 1 is 1.16 bits per heavy atom. The Hall–Kier alpha value is -2.45. The average Bonchev–Trinajstić information content (AvgIpc) is 3.17. The van der Waals surface area contributed by atoms with Crippen LogP contribution in [0, 0.1) is 0 Å². The topological polar surface area (TPSA) is 75.2 Å². The van der Waals surface area contributed by atoms with E-state index in [9.17, 15) is 8.42 Å². The third-order valence-corrected chi connectivity index (χ3v) is 6.42. The van der Waals surface area contributed by atoms with Crippen LogP contribution < -0.4 is 9.62 Å². The van der Waals surface area contributed by atoms with Crippen LogP contribution >= 0.6 is 11.3 Å². The fourth-order valence-electron chi connectivity index (χ4n) is 2.25. The fraction of sp³-hybridized carbons (Fsp3) is 0.176. The van der Waals surface area contributed by atoms with Crippen LogP contribution in [0.25, 0.3) is 0 Å². The molecule has 6 nitrogen and oxygen atoms in total. The summed E-state index contributed by atoms with van der Waals surface area (Å²) in [4.78, 5) is 10.4. The summed E-state index contributed by atoms with van der Waals surface area (Å²) in [7, 11) is -1.58. The maximum Gasteiger partial charge on any atom is 0.271 e. The zero-order valence-electron chi connectivity index (χ0n) is 13.7. The first-order valence-electron chi connectivity index (χ1n) is 7.67. The van der Waals surface area contributed by atoms with Gasteiger partial charge in [-0.25, -0.2) is 13.4 Å². The van der Waals surface area contributed by atoms with Gasteiger partial charge in [-0.2, -0.15) is 0 Å². The number of sulfonamides is 1. The molecule has 0 aliphatic heterocycles. The molecule has 0 fully saturated rings. The minimum absolute atomic E-state index is 0.283. The lowest BCUT2D eigenvalue weighted by Gasteiger charge is -2.18. The van der Waals surface area contributed by atoms with Gasteiger partial charge in [-0.3, -0.25) is 9.71 Å². The molecule has 0 aliphatic rings. The van der Waals surface area contributed by atoms with Crippen LogP contribution in [-0.4, -0.2) is 32.0 Å². The Balaban J connectivity index is 1.62. The summed E-state index contributed by atoms with van der Waals surface area (Å²) < 4.78 is 27.2. The predicted molar refractivity (Wildman–Crippen MR) is 101 cm³/mol. The van der Waals surface area contributed by atoms with Crippen molar-refractivity contribution in [2.75, 3.05) is 23.2 Å². The van der Waals surface area contributed by atoms with Crippen LogP contribution in [0.4, 0.5) is 11.5 Å². The number of pyridine rings is 2. The number of nitrogens with zero attached hydrogens (tertiary/aromatic N) is 3. The molecule has 3 aromatic rings. The molecule has 0 bridgehead atoms. The quantitative estimate of drug-likeness (QED) is 0.688. The monoisotopic (exact) mass is 374 g/mol. The molecule has 0 saturated carbocycles. The second-order valence-corrected chi connectivity index (χ2v) is 8.33. The van der Waals surface area contributed by atoms with E-state index in [1.54, 1.807) is 42.0 Å². The number of aromatic nitrogens is 2. The van der Waals surface area contributed by atoms with Crippen molar-refractivity contribution < 1.29 is 8.42 Å². The number of hydrogen-bond donors (Lipinski definition) is 1. The zero-order chi connectivity index (χ0) is 17.7. The van der Waals surface area contributed by atoms with Crippen molar-refractivity contribution in [3.8, 4) is 0 Å². The largest absolute Gasteiger partial charge is 0.359 e. The van der Waals surface area contributed by atoms with Crippen molar-refractivity contribution >= 4 is 32.9 Å². The predicted octanol–water partition coefficient (Wildman–Crippen LogP) is 3.02. The summed E-state index contributed by atoms with van der Waals surface area (Å²) in [6.07, 6.45) is 5.97. The van der Waals surface area contributed by atoms with Crippen LogP contribution in [0.2, 0.25) is 0 Å². The standard InChI is InChI=1S/C17H18N4O2S2/c1-21(11-8-14-6-9-18-10-7-14)16-5-4-15(13-19-16)20-25(22,23)17-3-2-12-24-17/h2-7,9-10,12-13,20H,8,11H2,1H3. The zero-order valence-corrected chi connectivity index (χ0v) is 15.3. The van der Waals surface area contributed by atoms with Gasteiger partial charge in [-0.05, 0) is 47.7 Å². The molecule has 0 aromatic carbocycles. The Kier molecular flexibility index (Phi) is 5.30. The molecule has 0 atom stereocenters. The van der Waals surface area contributed by atoms with Gasteiger partial charge in [0, 0.05) is 26.0 Å². The van der Waals surface area contributed by atoms with Crippen molar-refractivity contribution in [2.45, 2.75) is 10.6 Å². The Morgan fingerprint density at radius 3 is 2.60 bits per heavy atom. The Labute approximate surface area is 151 Å². The van der Waals surface area contributed by atoms with Crippen molar-refractivity contribution in [3.63, 3.8) is 0 Å². The van der Waals surface area contributed by atoms with E-state index in [0.717, 1.165) is 18.8 Å². The number of rotatable bonds is 7. The lowest BCUT2D eigenvalue weighted by Crippen LogP contribution is -2.21. The second kappa shape index (κ2) is 7.62. The first-order valence-corrected chi connectivity index (χ1v) is 10.0. The number of anilines is 2. The maximum absolute atomic E-state index is 12.2. The highest BCUT2D eigenvalue weighted by Gasteiger charge is 2.15. The molecule has 0 spiro atoms. The Morgan fingerprint density at radius 2 is 1.96 bits per heavy atom. The molecule has 130 valence electrons. The summed E-state index contributed by atoms with van der Waals surface area (Å²) >= 11 is 1.18. The highest BCUT2D eigenvalue weighted by atomic mass is 32.2. The second-order valence-electron chi connectivity index (χ2n) is 5.47. The van der Waals surface area contributed by atoms with Crippen molar-refractivity contribution in [2.24, 2.45) is 0 Å². The minimum Gasteiger partial charge on any atom is -0.359 e. The van der Waals surface area contributed by atoms with Crippen molar-refractivity contribution in [1.82, 2.24) is 9.97 Å². The summed E-state index contributed by atoms with van der Waals surface area (Å²) in [5, 5.41) is 1.73. The molecule has 0 amide bonds. The highest BCUT2D eigenvalue weighted by molar-refractivity contribution is 7.94. The third-order valence-electron chi connectivity index (χ3n) is 3.64. The molecular formula is C17H18N4O2S2. The van der Waals surface area contributed by atoms with E-state index in [-0.39, 0.29) is 4.21 Å². The summed E-state index contributed by atoms with van der Waals surface area (Å²) in [5.74, 6) is 0.785. The fourth-order valence-corrected chi connectivity index (χ4v) is 4.29. The van der Waals surface area contributed by atoms with E-state index in [0.29, 0.717) is 5.69 Å². The molecule has 0 radical (unpaired) electrons. The molecular weight excluding hydrogens is 356 g/mol. The van der Waals surface area contributed by atoms with Crippen LogP contribution in [0.5, 0.6) is 0 Å². The molecule has 3 heterocycles. The van der Waals surface area contributed by atoms with Crippen molar-refractivity contribution in [3.05, 3.63) is 65.9 Å². The first kappa shape index (κ1) is 17.4. The Bertz CT molecular complexity index is 896. The van der Waals surface area contributed by atoms with Crippen LogP contribution in [-0.2, 0) is 16.4 Å². The smallest absolute Gasteiger partial charge is 0.271 e. The summed E-state index contributed by atoms with van der Waals surface area (Å²) in [6.45, 7) is 0.803. The van der Waals surface area contributed by atoms with E-state index in [2.05, 4.69) is 14.7 Å². The summed E-state index contributed by atoms with van der Waals surface area (Å²) in [6, 6.07) is 10.8. The van der Waals surface area contributed by atoms with Gasteiger partial charge in [0.1, 0.15) is 10.0 Å². The van der Waals surface area contributed by atoms with Gasteiger partial charge in [0.25, 0.3) is 10.0 Å². The molecule has 0 aliphatic carbocycles. The van der Waals surface area contributed by atoms with Crippen LogP contribution in [0.15, 0.2) is 64.6 Å². The van der Waals surface area contributed by atoms with Gasteiger partial charge >= 0.3 is 0 Å². The molecule has 3 aromatic heterocycles. The summed E-state index contributed by atoms with van der Waals surface area (Å²) in [5.41, 5.74) is 1.65. The first-order chi connectivity index (χ1) is 12.0. The van der Waals surface area contributed by atoms with Gasteiger partial charge in [0.2, 0.25) is 0 Å². The van der Waals surface area contributed by atoms with Gasteiger partial charge in [0.05, 0.1) is 11.9 Å². The van der Waals surface area contributed by atoms with Crippen molar-refractivity contribution in [1.29, 1.82) is 0 Å². The molecule has 0 unspecified atom stereocenters. The third kappa shape index (κ3) is 4.55. The molecule has 25 heavy (non-hydrogen) atoms. The molecule has 8 heteroatoms. The molecule has 1 N–H and O–H groups in total. The average molecular weight is 374 g/mol. The van der Waals surface area contributed by atoms with Crippen LogP contribution in [0.3, 0.4) is 0 Å². The van der Waals surface area contributed by atoms with E-state index in [4.69, 9.17) is 0 Å². The van der Waals surface area contributed by atoms with Crippen LogP contribution in [0.1, 0.15) is 5.56 Å². The minimum atomic E-state index is -3.54. The van der Waals surface area contributed by atoms with Gasteiger partial charge < -0.3 is 4.90 Å². The van der Waals surface area contributed by atoms with E-state index in [1.807, 2.05) is 24.1 Å². The number of likely N-dealkylation sites (N-methyl/N-ethyl adjacent to an activating group) is 1.